The molecule has 6 heteroatoms. The van der Waals surface area contributed by atoms with E-state index in [1.165, 1.54) is 154 Å². The molecule has 0 aliphatic heterocycles. The highest BCUT2D eigenvalue weighted by Crippen LogP contribution is 2.15. The number of hydrogen-bond acceptors (Lipinski definition) is 6. The third kappa shape index (κ3) is 50.0. The minimum Gasteiger partial charge on any atom is -0.462 e. The zero-order chi connectivity index (χ0) is 45.8. The van der Waals surface area contributed by atoms with Crippen molar-refractivity contribution in [2.45, 2.75) is 271 Å². The van der Waals surface area contributed by atoms with Crippen LogP contribution in [0.15, 0.2) is 60.8 Å². The van der Waals surface area contributed by atoms with Crippen LogP contribution in [0.3, 0.4) is 0 Å². The molecule has 0 unspecified atom stereocenters. The van der Waals surface area contributed by atoms with E-state index in [-0.39, 0.29) is 37.5 Å². The first-order valence-electron chi connectivity index (χ1n) is 26.8. The lowest BCUT2D eigenvalue weighted by Crippen LogP contribution is -2.30. The van der Waals surface area contributed by atoms with Gasteiger partial charge in [-0.15, -0.1) is 0 Å². The Morgan fingerprint density at radius 3 is 0.984 bits per heavy atom. The van der Waals surface area contributed by atoms with Crippen LogP contribution in [0.1, 0.15) is 265 Å². The maximum atomic E-state index is 12.8. The summed E-state index contributed by atoms with van der Waals surface area (Å²) in [6.45, 7) is 6.56. The van der Waals surface area contributed by atoms with Crippen LogP contribution in [0.2, 0.25) is 0 Å². The topological polar surface area (TPSA) is 78.9 Å². The molecule has 0 bridgehead atoms. The monoisotopic (exact) mass is 881 g/mol. The fourth-order valence-corrected chi connectivity index (χ4v) is 7.48. The average Bonchev–Trinajstić information content (AvgIpc) is 3.28. The van der Waals surface area contributed by atoms with Gasteiger partial charge in [0.15, 0.2) is 6.10 Å². The van der Waals surface area contributed by atoms with Gasteiger partial charge in [0.25, 0.3) is 0 Å². The molecule has 0 heterocycles. The predicted molar refractivity (Wildman–Crippen MR) is 270 cm³/mol. The van der Waals surface area contributed by atoms with Crippen LogP contribution in [0.4, 0.5) is 0 Å². The molecule has 1 atom stereocenters. The van der Waals surface area contributed by atoms with Gasteiger partial charge in [-0.3, -0.25) is 14.4 Å². The van der Waals surface area contributed by atoms with Gasteiger partial charge in [0.2, 0.25) is 0 Å². The maximum absolute atomic E-state index is 12.8. The van der Waals surface area contributed by atoms with Crippen molar-refractivity contribution >= 4 is 17.9 Å². The van der Waals surface area contributed by atoms with Crippen LogP contribution in [0.25, 0.3) is 0 Å². The Bertz CT molecular complexity index is 1150. The highest BCUT2D eigenvalue weighted by molar-refractivity contribution is 5.71. The van der Waals surface area contributed by atoms with E-state index in [2.05, 4.69) is 75.5 Å². The zero-order valence-electron chi connectivity index (χ0n) is 41.6. The van der Waals surface area contributed by atoms with E-state index in [0.717, 1.165) is 64.2 Å². The molecule has 0 fully saturated rings. The Morgan fingerprint density at radius 2 is 0.603 bits per heavy atom. The molecule has 6 nitrogen and oxygen atoms in total. The van der Waals surface area contributed by atoms with Crippen molar-refractivity contribution in [3.63, 3.8) is 0 Å². The summed E-state index contributed by atoms with van der Waals surface area (Å²) in [6, 6.07) is 0. The average molecular weight is 881 g/mol. The van der Waals surface area contributed by atoms with Gasteiger partial charge in [0.1, 0.15) is 13.2 Å². The van der Waals surface area contributed by atoms with Crippen molar-refractivity contribution in [1.29, 1.82) is 0 Å². The highest BCUT2D eigenvalue weighted by Gasteiger charge is 2.19. The third-order valence-electron chi connectivity index (χ3n) is 11.5. The number of unbranched alkanes of at least 4 members (excludes halogenated alkanes) is 27. The lowest BCUT2D eigenvalue weighted by molar-refractivity contribution is -0.166. The van der Waals surface area contributed by atoms with E-state index in [4.69, 9.17) is 14.2 Å². The molecule has 364 valence electrons. The van der Waals surface area contributed by atoms with Crippen LogP contribution < -0.4 is 0 Å². The molecule has 0 amide bonds. The minimum atomic E-state index is -0.799. The van der Waals surface area contributed by atoms with Crippen LogP contribution in [-0.2, 0) is 28.6 Å². The van der Waals surface area contributed by atoms with Crippen molar-refractivity contribution in [2.75, 3.05) is 13.2 Å². The molecule has 0 aliphatic rings. The number of carbonyl (C=O) groups is 3. The van der Waals surface area contributed by atoms with Crippen molar-refractivity contribution in [3.05, 3.63) is 60.8 Å². The summed E-state index contributed by atoms with van der Waals surface area (Å²) < 4.78 is 16.7. The summed E-state index contributed by atoms with van der Waals surface area (Å²) in [5.74, 6) is -0.971. The van der Waals surface area contributed by atoms with Gasteiger partial charge < -0.3 is 14.2 Å². The van der Waals surface area contributed by atoms with Gasteiger partial charge in [0.05, 0.1) is 0 Å². The van der Waals surface area contributed by atoms with Gasteiger partial charge in [-0.2, -0.15) is 0 Å². The first kappa shape index (κ1) is 60.1. The van der Waals surface area contributed by atoms with E-state index in [9.17, 15) is 14.4 Å². The second-order valence-corrected chi connectivity index (χ2v) is 17.8. The van der Waals surface area contributed by atoms with Gasteiger partial charge in [-0.1, -0.05) is 248 Å². The summed E-state index contributed by atoms with van der Waals surface area (Å²) in [7, 11) is 0. The van der Waals surface area contributed by atoms with E-state index in [0.29, 0.717) is 19.3 Å². The Balaban J connectivity index is 4.46. The zero-order valence-corrected chi connectivity index (χ0v) is 41.6. The smallest absolute Gasteiger partial charge is 0.306 e. The van der Waals surface area contributed by atoms with Crippen LogP contribution in [-0.4, -0.2) is 37.2 Å². The molecule has 0 rings (SSSR count). The fourth-order valence-electron chi connectivity index (χ4n) is 7.48. The Kier molecular flexibility index (Phi) is 49.4. The Labute approximate surface area is 390 Å². The first-order valence-corrected chi connectivity index (χ1v) is 26.8. The van der Waals surface area contributed by atoms with E-state index in [1.807, 2.05) is 6.08 Å². The minimum absolute atomic E-state index is 0.0934. The van der Waals surface area contributed by atoms with Crippen molar-refractivity contribution in [3.8, 4) is 0 Å². The van der Waals surface area contributed by atoms with E-state index < -0.39 is 6.10 Å². The normalized spacial score (nSPS) is 12.5. The molecule has 0 radical (unpaired) electrons. The summed E-state index contributed by atoms with van der Waals surface area (Å²) >= 11 is 0. The quantitative estimate of drug-likeness (QED) is 0.0262. The van der Waals surface area contributed by atoms with E-state index >= 15 is 0 Å². The molecule has 0 spiro atoms. The fraction of sp³-hybridized carbons (Fsp3) is 0.772. The summed E-state index contributed by atoms with van der Waals surface area (Å²) in [6.07, 6.45) is 63.5. The van der Waals surface area contributed by atoms with Crippen LogP contribution in [0.5, 0.6) is 0 Å². The second kappa shape index (κ2) is 51.7. The number of ether oxygens (including phenoxy) is 3. The Morgan fingerprint density at radius 1 is 0.317 bits per heavy atom. The summed E-state index contributed by atoms with van der Waals surface area (Å²) in [5.41, 5.74) is 0. The molecule has 0 saturated carbocycles. The lowest BCUT2D eigenvalue weighted by Gasteiger charge is -2.18. The highest BCUT2D eigenvalue weighted by atomic mass is 16.6. The lowest BCUT2D eigenvalue weighted by atomic mass is 10.0. The number of carbonyl (C=O) groups excluding carboxylic acids is 3. The SMILES string of the molecule is CCCCC/C=C\C/C=C\C/C=C\C/C=C\C/C=C\CCC(=O)OC[C@H](COC(=O)CCCCCCCCCCCCCCC)OC(=O)CCCCCCCCCCCCCCC. The Hall–Kier alpha value is -2.89. The largest absolute Gasteiger partial charge is 0.462 e. The predicted octanol–water partition coefficient (Wildman–Crippen LogP) is 17.6. The molecular weight excluding hydrogens is 781 g/mol. The standard InChI is InChI=1S/C57H100O6/c1-4-7-10-13-16-19-22-25-26-27-28-29-30-33-35-38-41-44-47-50-56(59)62-53-54(63-57(60)51-48-45-42-39-36-32-24-21-18-15-12-9-6-3)52-61-55(58)49-46-43-40-37-34-31-23-20-17-14-11-8-5-2/h16,19,25-26,28-29,33,35,41,44,54H,4-15,17-18,20-24,27,30-32,34,36-40,42-43,45-53H2,1-3H3/b19-16-,26-25-,29-28-,35-33-,44-41-/t54-/m0/s1. The van der Waals surface area contributed by atoms with Gasteiger partial charge in [-0.25, -0.2) is 0 Å². The van der Waals surface area contributed by atoms with Crippen molar-refractivity contribution in [2.24, 2.45) is 0 Å². The third-order valence-corrected chi connectivity index (χ3v) is 11.5. The second-order valence-electron chi connectivity index (χ2n) is 17.8. The number of rotatable bonds is 48. The van der Waals surface area contributed by atoms with Gasteiger partial charge in [0, 0.05) is 19.3 Å². The molecule has 0 N–H and O–H groups in total. The number of allylic oxidation sites excluding steroid dienone is 10. The molecule has 0 aromatic rings. The van der Waals surface area contributed by atoms with Crippen molar-refractivity contribution in [1.82, 2.24) is 0 Å². The molecule has 0 aliphatic carbocycles. The molecular formula is C57H100O6. The van der Waals surface area contributed by atoms with E-state index in [1.54, 1.807) is 0 Å². The summed E-state index contributed by atoms with van der Waals surface area (Å²) in [4.78, 5) is 38.0. The van der Waals surface area contributed by atoms with Gasteiger partial charge >= 0.3 is 17.9 Å². The van der Waals surface area contributed by atoms with Crippen LogP contribution >= 0.6 is 0 Å². The molecule has 63 heavy (non-hydrogen) atoms. The maximum Gasteiger partial charge on any atom is 0.306 e. The molecule has 0 saturated heterocycles. The number of esters is 3. The van der Waals surface area contributed by atoms with Crippen molar-refractivity contribution < 1.29 is 28.6 Å². The van der Waals surface area contributed by atoms with Crippen LogP contribution in [0, 0.1) is 0 Å². The van der Waals surface area contributed by atoms with Gasteiger partial charge in [-0.05, 0) is 57.8 Å². The summed E-state index contributed by atoms with van der Waals surface area (Å²) in [5, 5.41) is 0. The molecule has 0 aromatic heterocycles. The molecule has 0 aromatic carbocycles. The first-order chi connectivity index (χ1) is 31.0. The number of hydrogen-bond donors (Lipinski definition) is 0.